The summed E-state index contributed by atoms with van der Waals surface area (Å²) in [5.41, 5.74) is -0.775. The minimum atomic E-state index is -1.77. The van der Waals surface area contributed by atoms with Crippen LogP contribution in [0.3, 0.4) is 0 Å². The van der Waals surface area contributed by atoms with Crippen LogP contribution in [0.4, 0.5) is 8.78 Å². The number of benzene rings is 1. The highest BCUT2D eigenvalue weighted by Crippen LogP contribution is 2.19. The smallest absolute Gasteiger partial charge is 0.326 e. The van der Waals surface area contributed by atoms with Gasteiger partial charge in [-0.05, 0) is 12.1 Å². The van der Waals surface area contributed by atoms with E-state index in [2.05, 4.69) is 0 Å². The zero-order chi connectivity index (χ0) is 15.4. The van der Waals surface area contributed by atoms with Crippen LogP contribution < -0.4 is 5.32 Å². The molecule has 0 aliphatic heterocycles. The number of nitrogens with one attached hydrogen (secondary N) is 1. The van der Waals surface area contributed by atoms with Crippen LogP contribution in [0.2, 0.25) is 5.02 Å². The van der Waals surface area contributed by atoms with Gasteiger partial charge in [0.2, 0.25) is 0 Å². The third-order valence-corrected chi connectivity index (χ3v) is 2.53. The van der Waals surface area contributed by atoms with E-state index in [9.17, 15) is 23.2 Å². The molecule has 0 saturated heterocycles. The molecule has 0 aromatic heterocycles. The molecule has 20 heavy (non-hydrogen) atoms. The van der Waals surface area contributed by atoms with E-state index in [4.69, 9.17) is 21.8 Å². The number of carbonyl (C=O) groups excluding carboxylic acids is 1. The Bertz CT molecular complexity index is 578. The Morgan fingerprint density at radius 3 is 2.30 bits per heavy atom. The van der Waals surface area contributed by atoms with Crippen LogP contribution in [-0.2, 0) is 9.59 Å². The lowest BCUT2D eigenvalue weighted by Crippen LogP contribution is -2.42. The summed E-state index contributed by atoms with van der Waals surface area (Å²) in [4.78, 5) is 32.8. The Balaban J connectivity index is 2.97. The summed E-state index contributed by atoms with van der Waals surface area (Å²) in [6, 6.07) is -0.719. The van der Waals surface area contributed by atoms with E-state index >= 15 is 0 Å². The van der Waals surface area contributed by atoms with E-state index in [1.54, 1.807) is 5.32 Å². The highest BCUT2D eigenvalue weighted by atomic mass is 35.5. The molecule has 0 aliphatic carbocycles. The fraction of sp³-hybridized carbons (Fsp3) is 0.182. The average molecular weight is 308 g/mol. The quantitative estimate of drug-likeness (QED) is 0.711. The molecule has 1 aromatic carbocycles. The normalized spacial score (nSPS) is 11.8. The molecule has 0 saturated carbocycles. The van der Waals surface area contributed by atoms with Crippen LogP contribution in [0.15, 0.2) is 12.1 Å². The fourth-order valence-corrected chi connectivity index (χ4v) is 1.46. The maximum Gasteiger partial charge on any atom is 0.326 e. The number of halogens is 3. The second-order valence-electron chi connectivity index (χ2n) is 3.71. The maximum atomic E-state index is 13.4. The second-order valence-corrected chi connectivity index (χ2v) is 4.12. The Morgan fingerprint density at radius 1 is 1.20 bits per heavy atom. The van der Waals surface area contributed by atoms with Crippen LogP contribution in [-0.4, -0.2) is 34.1 Å². The average Bonchev–Trinajstić information content (AvgIpc) is 2.32. The van der Waals surface area contributed by atoms with Gasteiger partial charge in [-0.15, -0.1) is 0 Å². The van der Waals surface area contributed by atoms with Crippen molar-refractivity contribution in [1.29, 1.82) is 0 Å². The van der Waals surface area contributed by atoms with Gasteiger partial charge >= 0.3 is 11.9 Å². The lowest BCUT2D eigenvalue weighted by Gasteiger charge is -2.13. The number of carboxylic acid groups (broad SMARTS) is 2. The number of hydrogen-bond acceptors (Lipinski definition) is 3. The Labute approximate surface area is 116 Å². The van der Waals surface area contributed by atoms with E-state index in [0.29, 0.717) is 12.1 Å². The third kappa shape index (κ3) is 3.89. The van der Waals surface area contributed by atoms with Crippen LogP contribution in [0.25, 0.3) is 0 Å². The third-order valence-electron chi connectivity index (χ3n) is 2.24. The van der Waals surface area contributed by atoms with Crippen molar-refractivity contribution in [2.45, 2.75) is 12.5 Å². The molecule has 9 heteroatoms. The zero-order valence-corrected chi connectivity index (χ0v) is 10.4. The van der Waals surface area contributed by atoms with Gasteiger partial charge in [0.1, 0.15) is 17.7 Å². The molecular formula is C11H8ClF2NO5. The summed E-state index contributed by atoms with van der Waals surface area (Å²) in [7, 11) is 0. The molecule has 0 spiro atoms. The summed E-state index contributed by atoms with van der Waals surface area (Å²) >= 11 is 5.30. The lowest BCUT2D eigenvalue weighted by atomic mass is 10.1. The van der Waals surface area contributed by atoms with E-state index in [0.717, 1.165) is 0 Å². The van der Waals surface area contributed by atoms with Crippen LogP contribution in [0, 0.1) is 11.6 Å². The highest BCUT2D eigenvalue weighted by Gasteiger charge is 2.25. The van der Waals surface area contributed by atoms with Crippen molar-refractivity contribution in [2.24, 2.45) is 0 Å². The maximum absolute atomic E-state index is 13.4. The predicted octanol–water partition coefficient (Wildman–Crippen LogP) is 1.28. The van der Waals surface area contributed by atoms with Crippen molar-refractivity contribution in [3.05, 3.63) is 34.4 Å². The summed E-state index contributed by atoms with van der Waals surface area (Å²) in [5, 5.41) is 18.4. The zero-order valence-electron chi connectivity index (χ0n) is 9.69. The number of carbonyl (C=O) groups is 3. The van der Waals surface area contributed by atoms with Gasteiger partial charge in [-0.2, -0.15) is 0 Å². The van der Waals surface area contributed by atoms with Crippen LogP contribution >= 0.6 is 11.6 Å². The molecule has 1 aromatic rings. The van der Waals surface area contributed by atoms with Crippen molar-refractivity contribution < 1.29 is 33.4 Å². The molecule has 6 nitrogen and oxygen atoms in total. The fourth-order valence-electron chi connectivity index (χ4n) is 1.31. The summed E-state index contributed by atoms with van der Waals surface area (Å²) in [5.74, 6) is -6.57. The first-order valence-electron chi connectivity index (χ1n) is 5.12. The number of hydrogen-bond donors (Lipinski definition) is 3. The first-order chi connectivity index (χ1) is 9.22. The van der Waals surface area contributed by atoms with Crippen molar-refractivity contribution in [3.63, 3.8) is 0 Å². The Hall–Kier alpha value is -2.22. The van der Waals surface area contributed by atoms with Gasteiger partial charge in [0.15, 0.2) is 0 Å². The highest BCUT2D eigenvalue weighted by molar-refractivity contribution is 6.30. The molecule has 0 bridgehead atoms. The predicted molar refractivity (Wildman–Crippen MR) is 62.5 cm³/mol. The molecule has 0 radical (unpaired) electrons. The molecule has 0 fully saturated rings. The summed E-state index contributed by atoms with van der Waals surface area (Å²) in [6.45, 7) is 0. The lowest BCUT2D eigenvalue weighted by molar-refractivity contribution is -0.145. The van der Waals surface area contributed by atoms with E-state index in [1.807, 2.05) is 0 Å². The van der Waals surface area contributed by atoms with Gasteiger partial charge in [-0.25, -0.2) is 13.6 Å². The first-order valence-corrected chi connectivity index (χ1v) is 5.50. The van der Waals surface area contributed by atoms with E-state index in [-0.39, 0.29) is 0 Å². The van der Waals surface area contributed by atoms with Crippen molar-refractivity contribution in [2.75, 3.05) is 0 Å². The molecular weight excluding hydrogens is 300 g/mol. The molecule has 1 unspecified atom stereocenters. The largest absolute Gasteiger partial charge is 0.481 e. The second kappa shape index (κ2) is 6.29. The minimum absolute atomic E-state index is 0.493. The molecule has 0 heterocycles. The minimum Gasteiger partial charge on any atom is -0.481 e. The molecule has 108 valence electrons. The van der Waals surface area contributed by atoms with Gasteiger partial charge in [0.05, 0.1) is 17.0 Å². The monoisotopic (exact) mass is 307 g/mol. The SMILES string of the molecule is O=C(O)CC(NC(=O)c1cc(F)c(Cl)cc1F)C(=O)O. The van der Waals surface area contributed by atoms with Crippen molar-refractivity contribution in [1.82, 2.24) is 5.32 Å². The molecule has 1 rings (SSSR count). The van der Waals surface area contributed by atoms with Gasteiger partial charge in [0, 0.05) is 0 Å². The Kier molecular flexibility index (Phi) is 4.98. The van der Waals surface area contributed by atoms with Crippen LogP contribution in [0.1, 0.15) is 16.8 Å². The van der Waals surface area contributed by atoms with E-state index in [1.165, 1.54) is 0 Å². The number of rotatable bonds is 5. The van der Waals surface area contributed by atoms with Gasteiger partial charge < -0.3 is 15.5 Å². The summed E-state index contributed by atoms with van der Waals surface area (Å²) in [6.07, 6.45) is -0.904. The Morgan fingerprint density at radius 2 is 1.80 bits per heavy atom. The number of aliphatic carboxylic acids is 2. The molecule has 0 aliphatic rings. The van der Waals surface area contributed by atoms with Crippen molar-refractivity contribution >= 4 is 29.4 Å². The number of carboxylic acids is 2. The van der Waals surface area contributed by atoms with Gasteiger partial charge in [0.25, 0.3) is 5.91 Å². The van der Waals surface area contributed by atoms with Gasteiger partial charge in [-0.3, -0.25) is 9.59 Å². The standard InChI is InChI=1S/C11H8ClF2NO5/c12-5-2-6(13)4(1-7(5)14)10(18)15-8(11(19)20)3-9(16)17/h1-2,8H,3H2,(H,15,18)(H,16,17)(H,19,20). The number of amides is 1. The molecule has 1 atom stereocenters. The van der Waals surface area contributed by atoms with Crippen LogP contribution in [0.5, 0.6) is 0 Å². The van der Waals surface area contributed by atoms with Crippen molar-refractivity contribution in [3.8, 4) is 0 Å². The summed E-state index contributed by atoms with van der Waals surface area (Å²) < 4.78 is 26.6. The van der Waals surface area contributed by atoms with E-state index < -0.39 is 52.5 Å². The van der Waals surface area contributed by atoms with Gasteiger partial charge in [-0.1, -0.05) is 11.6 Å². The molecule has 1 amide bonds. The molecule has 3 N–H and O–H groups in total. The first kappa shape index (κ1) is 15.8. The topological polar surface area (TPSA) is 104 Å².